The van der Waals surface area contributed by atoms with E-state index in [0.29, 0.717) is 10.0 Å². The van der Waals surface area contributed by atoms with Crippen molar-refractivity contribution in [3.63, 3.8) is 0 Å². The van der Waals surface area contributed by atoms with Crippen molar-refractivity contribution in [2.24, 2.45) is 5.92 Å². The molecule has 0 aliphatic carbocycles. The molecule has 7 heteroatoms. The van der Waals surface area contributed by atoms with Gasteiger partial charge in [0.25, 0.3) is 0 Å². The molecule has 0 aliphatic rings. The summed E-state index contributed by atoms with van der Waals surface area (Å²) < 4.78 is 10.7. The normalized spacial score (nSPS) is 12.8. The first-order valence-electron chi connectivity index (χ1n) is 10.5. The molecule has 32 heavy (non-hydrogen) atoms. The Morgan fingerprint density at radius 2 is 1.69 bits per heavy atom. The van der Waals surface area contributed by atoms with Gasteiger partial charge in [-0.05, 0) is 74.2 Å². The van der Waals surface area contributed by atoms with Crippen LogP contribution in [0.5, 0.6) is 11.5 Å². The van der Waals surface area contributed by atoms with Crippen molar-refractivity contribution in [1.29, 1.82) is 5.26 Å². The van der Waals surface area contributed by atoms with Gasteiger partial charge in [0.1, 0.15) is 0 Å². The van der Waals surface area contributed by atoms with Crippen molar-refractivity contribution in [3.05, 3.63) is 57.6 Å². The maximum Gasteiger partial charge on any atom is 0.160 e. The van der Waals surface area contributed by atoms with Crippen LogP contribution in [0.1, 0.15) is 37.8 Å². The van der Waals surface area contributed by atoms with Crippen molar-refractivity contribution >= 4 is 35.6 Å². The monoisotopic (exact) mass is 498 g/mol. The van der Waals surface area contributed by atoms with Crippen LogP contribution in [0.15, 0.2) is 36.4 Å². The molecule has 4 nitrogen and oxygen atoms in total. The van der Waals surface area contributed by atoms with Crippen LogP contribution in [0.4, 0.5) is 0 Å². The molecular weight excluding hydrogens is 467 g/mol. The fraction of sp³-hybridized carbons (Fsp3) is 0.480. The fourth-order valence-electron chi connectivity index (χ4n) is 3.89. The smallest absolute Gasteiger partial charge is 0.160 e. The molecule has 0 heterocycles. The summed E-state index contributed by atoms with van der Waals surface area (Å²) in [6, 6.07) is 14.2. The van der Waals surface area contributed by atoms with Gasteiger partial charge in [0.15, 0.2) is 11.5 Å². The lowest BCUT2D eigenvalue weighted by Crippen LogP contribution is -2.32. The molecule has 0 radical (unpaired) electrons. The number of benzene rings is 2. The maximum absolute atomic E-state index is 10.1. The predicted molar refractivity (Wildman–Crippen MR) is 136 cm³/mol. The fourth-order valence-corrected chi connectivity index (χ4v) is 4.18. The molecule has 0 aromatic heterocycles. The van der Waals surface area contributed by atoms with E-state index in [1.807, 2.05) is 24.3 Å². The quantitative estimate of drug-likeness (QED) is 0.341. The van der Waals surface area contributed by atoms with Gasteiger partial charge in [-0.25, -0.2) is 0 Å². The van der Waals surface area contributed by atoms with E-state index in [0.717, 1.165) is 49.4 Å². The van der Waals surface area contributed by atoms with Gasteiger partial charge in [0.2, 0.25) is 0 Å². The number of nitrogens with zero attached hydrogens (tertiary/aromatic N) is 2. The van der Waals surface area contributed by atoms with Gasteiger partial charge < -0.3 is 14.4 Å². The molecule has 2 rings (SSSR count). The van der Waals surface area contributed by atoms with E-state index in [2.05, 4.69) is 37.9 Å². The Balaban J connectivity index is 0.00000512. The van der Waals surface area contributed by atoms with Crippen molar-refractivity contribution in [1.82, 2.24) is 4.90 Å². The first-order valence-corrected chi connectivity index (χ1v) is 11.3. The third-order valence-corrected chi connectivity index (χ3v) is 6.70. The summed E-state index contributed by atoms with van der Waals surface area (Å²) in [5, 5.41) is 11.1. The zero-order chi connectivity index (χ0) is 23.0. The summed E-state index contributed by atoms with van der Waals surface area (Å²) >= 11 is 12.3. The van der Waals surface area contributed by atoms with Crippen LogP contribution in [-0.4, -0.2) is 39.3 Å². The minimum atomic E-state index is -0.585. The number of halogens is 3. The number of ether oxygens (including phenoxy) is 2. The van der Waals surface area contributed by atoms with E-state index in [-0.39, 0.29) is 18.3 Å². The first kappa shape index (κ1) is 28.4. The molecule has 0 bridgehead atoms. The van der Waals surface area contributed by atoms with Crippen LogP contribution in [0.3, 0.4) is 0 Å². The van der Waals surface area contributed by atoms with Crippen molar-refractivity contribution < 1.29 is 9.47 Å². The van der Waals surface area contributed by atoms with E-state index in [9.17, 15) is 5.26 Å². The number of hydrogen-bond donors (Lipinski definition) is 0. The Labute approximate surface area is 208 Å². The highest BCUT2D eigenvalue weighted by atomic mass is 35.5. The molecule has 1 atom stereocenters. The van der Waals surface area contributed by atoms with Gasteiger partial charge in [0, 0.05) is 6.54 Å². The molecule has 1 unspecified atom stereocenters. The maximum atomic E-state index is 10.1. The Hall–Kier alpha value is -1.64. The Bertz CT molecular complexity index is 915. The van der Waals surface area contributed by atoms with Gasteiger partial charge in [-0.2, -0.15) is 5.26 Å². The average Bonchev–Trinajstić information content (AvgIpc) is 2.76. The molecule has 0 aliphatic heterocycles. The number of nitriles is 1. The van der Waals surface area contributed by atoms with Gasteiger partial charge in [-0.3, -0.25) is 0 Å². The summed E-state index contributed by atoms with van der Waals surface area (Å²) in [6.45, 7) is 6.01. The van der Waals surface area contributed by atoms with E-state index in [1.165, 1.54) is 5.56 Å². The van der Waals surface area contributed by atoms with Crippen LogP contribution in [0.2, 0.25) is 10.0 Å². The van der Waals surface area contributed by atoms with E-state index < -0.39 is 5.41 Å². The summed E-state index contributed by atoms with van der Waals surface area (Å²) in [5.74, 6) is 1.65. The molecule has 176 valence electrons. The van der Waals surface area contributed by atoms with Crippen LogP contribution in [-0.2, 0) is 11.8 Å². The number of methoxy groups -OCH3 is 2. The number of likely N-dealkylation sites (N-methyl/N-ethyl adjacent to an activating group) is 1. The summed E-state index contributed by atoms with van der Waals surface area (Å²) in [4.78, 5) is 2.30. The van der Waals surface area contributed by atoms with E-state index >= 15 is 0 Å². The highest BCUT2D eigenvalue weighted by Crippen LogP contribution is 2.39. The second-order valence-electron chi connectivity index (χ2n) is 8.21. The summed E-state index contributed by atoms with van der Waals surface area (Å²) in [5.41, 5.74) is 1.56. The van der Waals surface area contributed by atoms with Gasteiger partial charge in [0.05, 0.1) is 35.7 Å². The summed E-state index contributed by atoms with van der Waals surface area (Å²) in [6.07, 6.45) is 2.59. The summed E-state index contributed by atoms with van der Waals surface area (Å²) in [7, 11) is 5.41. The van der Waals surface area contributed by atoms with Crippen molar-refractivity contribution in [2.75, 3.05) is 34.4 Å². The Morgan fingerprint density at radius 1 is 1.00 bits per heavy atom. The minimum absolute atomic E-state index is 0. The molecule has 0 saturated carbocycles. The van der Waals surface area contributed by atoms with Gasteiger partial charge in [-0.1, -0.05) is 49.2 Å². The van der Waals surface area contributed by atoms with Gasteiger partial charge >= 0.3 is 0 Å². The third kappa shape index (κ3) is 6.93. The molecule has 0 saturated heterocycles. The van der Waals surface area contributed by atoms with Crippen LogP contribution in [0, 0.1) is 17.2 Å². The largest absolute Gasteiger partial charge is 0.493 e. The third-order valence-electron chi connectivity index (χ3n) is 5.96. The number of hydrogen-bond acceptors (Lipinski definition) is 4. The lowest BCUT2D eigenvalue weighted by molar-refractivity contribution is 0.293. The lowest BCUT2D eigenvalue weighted by Gasteiger charge is -2.32. The van der Waals surface area contributed by atoms with Crippen LogP contribution >= 0.6 is 35.6 Å². The van der Waals surface area contributed by atoms with Crippen molar-refractivity contribution in [2.45, 2.75) is 38.5 Å². The van der Waals surface area contributed by atoms with Gasteiger partial charge in [-0.15, -0.1) is 12.4 Å². The SMILES string of the molecule is COc1ccc(CCN(C)CCCC(C#N)(c2ccc(Cl)c(Cl)c2)C(C)C)cc1OC.Cl. The van der Waals surface area contributed by atoms with Crippen LogP contribution in [0.25, 0.3) is 0 Å². The second-order valence-corrected chi connectivity index (χ2v) is 9.03. The zero-order valence-corrected chi connectivity index (χ0v) is 21.8. The molecule has 0 amide bonds. The van der Waals surface area contributed by atoms with Crippen molar-refractivity contribution in [3.8, 4) is 17.6 Å². The van der Waals surface area contributed by atoms with Crippen LogP contribution < -0.4 is 9.47 Å². The zero-order valence-electron chi connectivity index (χ0n) is 19.5. The number of rotatable bonds is 11. The topological polar surface area (TPSA) is 45.5 Å². The van der Waals surface area contributed by atoms with E-state index in [4.69, 9.17) is 32.7 Å². The highest BCUT2D eigenvalue weighted by Gasteiger charge is 2.36. The second kappa shape index (κ2) is 13.2. The standard InChI is InChI=1S/C25H32Cl2N2O2.ClH/c1-18(2)25(17-28,20-8-9-21(26)22(27)16-20)12-6-13-29(3)14-11-19-7-10-23(30-4)24(15-19)31-5;/h7-10,15-16,18H,6,11-14H2,1-5H3;1H. The molecule has 0 fully saturated rings. The predicted octanol–water partition coefficient (Wildman–Crippen LogP) is 6.80. The average molecular weight is 500 g/mol. The molecule has 2 aromatic carbocycles. The highest BCUT2D eigenvalue weighted by molar-refractivity contribution is 6.42. The Kier molecular flexibility index (Phi) is 11.7. The molecule has 0 spiro atoms. The minimum Gasteiger partial charge on any atom is -0.493 e. The molecule has 0 N–H and O–H groups in total. The lowest BCUT2D eigenvalue weighted by atomic mass is 9.70. The first-order chi connectivity index (χ1) is 14.8. The molecular formula is C25H33Cl3N2O2. The Morgan fingerprint density at radius 3 is 2.25 bits per heavy atom. The molecule has 2 aromatic rings. The van der Waals surface area contributed by atoms with E-state index in [1.54, 1.807) is 20.3 Å².